The lowest BCUT2D eigenvalue weighted by atomic mass is 9.88. The van der Waals surface area contributed by atoms with E-state index in [0.717, 1.165) is 50.2 Å². The number of pyridine rings is 1. The SMILES string of the molecule is O=C([C@H](O)c1cccc(Cl)c1)N1CCc2nc(C3(c4cncc(C5CCOCC5)c4)CC3)[nH]c(=O)c2C1. The molecule has 1 saturated heterocycles. The van der Waals surface area contributed by atoms with E-state index in [9.17, 15) is 14.7 Å². The van der Waals surface area contributed by atoms with Crippen LogP contribution in [-0.2, 0) is 27.9 Å². The summed E-state index contributed by atoms with van der Waals surface area (Å²) in [5.41, 5.74) is 3.40. The summed E-state index contributed by atoms with van der Waals surface area (Å²) in [6, 6.07) is 8.84. The third-order valence-corrected chi connectivity index (χ3v) is 8.22. The van der Waals surface area contributed by atoms with Gasteiger partial charge in [0.1, 0.15) is 5.82 Å². The quantitative estimate of drug-likeness (QED) is 0.533. The highest BCUT2D eigenvalue weighted by Gasteiger charge is 2.49. The molecule has 0 spiro atoms. The highest BCUT2D eigenvalue weighted by atomic mass is 35.5. The molecule has 2 fully saturated rings. The fourth-order valence-corrected chi connectivity index (χ4v) is 5.79. The van der Waals surface area contributed by atoms with Crippen molar-refractivity contribution in [3.8, 4) is 0 Å². The van der Waals surface area contributed by atoms with E-state index in [1.54, 1.807) is 24.3 Å². The van der Waals surface area contributed by atoms with Crippen molar-refractivity contribution in [3.63, 3.8) is 0 Å². The Balaban J connectivity index is 1.24. The van der Waals surface area contributed by atoms with Gasteiger partial charge in [-0.2, -0.15) is 0 Å². The number of ether oxygens (including phenoxy) is 1. The third kappa shape index (κ3) is 4.58. The van der Waals surface area contributed by atoms with Crippen molar-refractivity contribution in [2.75, 3.05) is 19.8 Å². The van der Waals surface area contributed by atoms with Crippen molar-refractivity contribution in [2.24, 2.45) is 0 Å². The first-order chi connectivity index (χ1) is 17.9. The minimum absolute atomic E-state index is 0.113. The van der Waals surface area contributed by atoms with Gasteiger partial charge in [-0.05, 0) is 60.4 Å². The normalized spacial score (nSPS) is 19.8. The van der Waals surface area contributed by atoms with Gasteiger partial charge in [0.2, 0.25) is 0 Å². The van der Waals surface area contributed by atoms with E-state index < -0.39 is 12.0 Å². The van der Waals surface area contributed by atoms with Crippen LogP contribution in [0.15, 0.2) is 47.5 Å². The topological polar surface area (TPSA) is 108 Å². The molecule has 0 radical (unpaired) electrons. The minimum atomic E-state index is -1.34. The number of carbonyl (C=O) groups is 1. The maximum Gasteiger partial charge on any atom is 0.256 e. The van der Waals surface area contributed by atoms with Crippen LogP contribution in [0, 0.1) is 0 Å². The first kappa shape index (κ1) is 24.3. The average molecular weight is 521 g/mol. The van der Waals surface area contributed by atoms with Gasteiger partial charge in [0, 0.05) is 43.6 Å². The maximum atomic E-state index is 13.2. The van der Waals surface area contributed by atoms with E-state index in [1.165, 1.54) is 10.5 Å². The number of aliphatic hydroxyl groups is 1. The molecule has 3 aromatic rings. The van der Waals surface area contributed by atoms with E-state index in [-0.39, 0.29) is 17.5 Å². The number of nitrogens with one attached hydrogen (secondary N) is 1. The summed E-state index contributed by atoms with van der Waals surface area (Å²) in [6.07, 6.45) is 6.76. The van der Waals surface area contributed by atoms with Gasteiger partial charge in [0.25, 0.3) is 11.5 Å². The summed E-state index contributed by atoms with van der Waals surface area (Å²) in [5.74, 6) is 0.672. The molecule has 2 aromatic heterocycles. The van der Waals surface area contributed by atoms with Crippen LogP contribution in [0.25, 0.3) is 0 Å². The van der Waals surface area contributed by atoms with Crippen LogP contribution in [0.3, 0.4) is 0 Å². The number of nitrogens with zero attached hydrogens (tertiary/aromatic N) is 3. The summed E-state index contributed by atoms with van der Waals surface area (Å²) in [5, 5.41) is 11.1. The number of aliphatic hydroxyl groups excluding tert-OH is 1. The highest BCUT2D eigenvalue weighted by molar-refractivity contribution is 6.30. The van der Waals surface area contributed by atoms with Gasteiger partial charge in [0.15, 0.2) is 6.10 Å². The zero-order chi connectivity index (χ0) is 25.6. The monoisotopic (exact) mass is 520 g/mol. The van der Waals surface area contributed by atoms with E-state index in [0.29, 0.717) is 40.9 Å². The molecule has 1 amide bonds. The fraction of sp³-hybridized carbons (Fsp3) is 0.429. The molecule has 8 nitrogen and oxygen atoms in total. The zero-order valence-corrected chi connectivity index (χ0v) is 21.2. The van der Waals surface area contributed by atoms with Crippen molar-refractivity contribution in [3.05, 3.63) is 91.9 Å². The number of aromatic amines is 1. The number of aromatic nitrogens is 3. The second-order valence-corrected chi connectivity index (χ2v) is 10.7. The predicted molar refractivity (Wildman–Crippen MR) is 137 cm³/mol. The van der Waals surface area contributed by atoms with Crippen LogP contribution in [0.1, 0.15) is 71.5 Å². The molecule has 4 heterocycles. The largest absolute Gasteiger partial charge is 0.381 e. The summed E-state index contributed by atoms with van der Waals surface area (Å²) in [4.78, 5) is 40.2. The number of amides is 1. The van der Waals surface area contributed by atoms with E-state index in [2.05, 4.69) is 16.0 Å². The number of halogens is 1. The molecule has 6 rings (SSSR count). The Hall–Kier alpha value is -3.07. The molecular formula is C28H29ClN4O4. The van der Waals surface area contributed by atoms with Crippen LogP contribution in [0.5, 0.6) is 0 Å². The summed E-state index contributed by atoms with van der Waals surface area (Å²) in [7, 11) is 0. The van der Waals surface area contributed by atoms with Crippen molar-refractivity contribution >= 4 is 17.5 Å². The van der Waals surface area contributed by atoms with Gasteiger partial charge in [-0.15, -0.1) is 0 Å². The summed E-state index contributed by atoms with van der Waals surface area (Å²) in [6.45, 7) is 2.04. The predicted octanol–water partition coefficient (Wildman–Crippen LogP) is 3.41. The van der Waals surface area contributed by atoms with Crippen LogP contribution in [0.4, 0.5) is 0 Å². The molecule has 1 atom stereocenters. The second-order valence-electron chi connectivity index (χ2n) is 10.3. The number of fused-ring (bicyclic) bond motifs is 1. The van der Waals surface area contributed by atoms with Crippen LogP contribution < -0.4 is 5.56 Å². The van der Waals surface area contributed by atoms with Gasteiger partial charge < -0.3 is 19.7 Å². The molecule has 0 unspecified atom stereocenters. The standard InChI is InChI=1S/C28H29ClN4O4/c29-21-3-1-2-18(13-21)24(34)26(36)33-9-4-23-22(16-33)25(35)32-27(31-23)28(7-8-28)20-12-19(14-30-15-20)17-5-10-37-11-6-17/h1-3,12-15,17,24,34H,4-11,16H2,(H,31,32,35)/t24-/m1/s1. The van der Waals surface area contributed by atoms with Crippen molar-refractivity contribution in [1.82, 2.24) is 19.9 Å². The Morgan fingerprint density at radius 1 is 1.22 bits per heavy atom. The van der Waals surface area contributed by atoms with Crippen LogP contribution in [-0.4, -0.2) is 50.6 Å². The van der Waals surface area contributed by atoms with Gasteiger partial charge in [0.05, 0.1) is 23.2 Å². The molecule has 1 aromatic carbocycles. The Kier molecular flexibility index (Phi) is 6.34. The van der Waals surface area contributed by atoms with E-state index in [4.69, 9.17) is 21.3 Å². The molecule has 3 aliphatic rings. The van der Waals surface area contributed by atoms with E-state index in [1.807, 2.05) is 12.4 Å². The maximum absolute atomic E-state index is 13.2. The van der Waals surface area contributed by atoms with Gasteiger partial charge in [-0.3, -0.25) is 14.6 Å². The molecule has 1 saturated carbocycles. The number of benzene rings is 1. The number of hydrogen-bond donors (Lipinski definition) is 2. The zero-order valence-electron chi connectivity index (χ0n) is 20.5. The summed E-state index contributed by atoms with van der Waals surface area (Å²) < 4.78 is 5.52. The van der Waals surface area contributed by atoms with Gasteiger partial charge >= 0.3 is 0 Å². The van der Waals surface area contributed by atoms with Gasteiger partial charge in [-0.1, -0.05) is 29.8 Å². The number of H-pyrrole nitrogens is 1. The highest BCUT2D eigenvalue weighted by Crippen LogP contribution is 2.52. The van der Waals surface area contributed by atoms with Crippen LogP contribution in [0.2, 0.25) is 5.02 Å². The third-order valence-electron chi connectivity index (χ3n) is 7.99. The fourth-order valence-electron chi connectivity index (χ4n) is 5.59. The lowest BCUT2D eigenvalue weighted by molar-refractivity contribution is -0.141. The number of rotatable bonds is 5. The van der Waals surface area contributed by atoms with Gasteiger partial charge in [-0.25, -0.2) is 4.98 Å². The smallest absolute Gasteiger partial charge is 0.256 e. The molecule has 0 bridgehead atoms. The van der Waals surface area contributed by atoms with Crippen molar-refractivity contribution < 1.29 is 14.6 Å². The first-order valence-corrected chi connectivity index (χ1v) is 13.2. The minimum Gasteiger partial charge on any atom is -0.381 e. The molecule has 9 heteroatoms. The summed E-state index contributed by atoms with van der Waals surface area (Å²) >= 11 is 6.02. The molecular weight excluding hydrogens is 492 g/mol. The molecule has 37 heavy (non-hydrogen) atoms. The Bertz CT molecular complexity index is 1400. The number of carbonyl (C=O) groups excluding carboxylic acids is 1. The lowest BCUT2D eigenvalue weighted by Gasteiger charge is -2.30. The molecule has 2 aliphatic heterocycles. The Labute approximate surface area is 219 Å². The molecule has 2 N–H and O–H groups in total. The van der Waals surface area contributed by atoms with Crippen LogP contribution >= 0.6 is 11.6 Å². The average Bonchev–Trinajstić information content (AvgIpc) is 3.75. The molecule has 192 valence electrons. The Morgan fingerprint density at radius 3 is 2.78 bits per heavy atom. The second kappa shape index (κ2) is 9.67. The van der Waals surface area contributed by atoms with Crippen molar-refractivity contribution in [2.45, 2.75) is 56.1 Å². The van der Waals surface area contributed by atoms with E-state index >= 15 is 0 Å². The van der Waals surface area contributed by atoms with Crippen molar-refractivity contribution in [1.29, 1.82) is 0 Å². The Morgan fingerprint density at radius 2 is 2.03 bits per heavy atom. The molecule has 1 aliphatic carbocycles. The lowest BCUT2D eigenvalue weighted by Crippen LogP contribution is -2.42. The first-order valence-electron chi connectivity index (χ1n) is 12.8. The number of hydrogen-bond acceptors (Lipinski definition) is 6.